The van der Waals surface area contributed by atoms with Crippen LogP contribution < -0.4 is 5.73 Å². The molecule has 6 nitrogen and oxygen atoms in total. The third kappa shape index (κ3) is 12.5. The average molecular weight is 402 g/mol. The van der Waals surface area contributed by atoms with Crippen molar-refractivity contribution in [2.45, 2.75) is 76.8 Å². The highest BCUT2D eigenvalue weighted by Gasteiger charge is 2.14. The highest BCUT2D eigenvalue weighted by atomic mass is 32.2. The van der Waals surface area contributed by atoms with Gasteiger partial charge in [0, 0.05) is 6.04 Å². The van der Waals surface area contributed by atoms with Gasteiger partial charge in [-0.1, -0.05) is 31.5 Å². The molecule has 0 bridgehead atoms. The Morgan fingerprint density at radius 1 is 1.15 bits per heavy atom. The fraction of sp³-hybridized carbons (Fsp3) is 0.650. The second kappa shape index (κ2) is 13.7. The summed E-state index contributed by atoms with van der Waals surface area (Å²) in [6, 6.07) is 6.88. The van der Waals surface area contributed by atoms with Crippen molar-refractivity contribution in [3.8, 4) is 0 Å². The van der Waals surface area contributed by atoms with Gasteiger partial charge in [-0.15, -0.1) is 0 Å². The van der Waals surface area contributed by atoms with Crippen LogP contribution in [0, 0.1) is 12.8 Å². The molecule has 0 aliphatic heterocycles. The first-order valence-electron chi connectivity index (χ1n) is 9.34. The van der Waals surface area contributed by atoms with E-state index in [1.807, 2.05) is 13.8 Å². The fourth-order valence-corrected chi connectivity index (χ4v) is 3.31. The number of carbonyl (C=O) groups is 1. The third-order valence-electron chi connectivity index (χ3n) is 3.92. The van der Waals surface area contributed by atoms with Crippen LogP contribution in [-0.4, -0.2) is 34.1 Å². The number of aryl methyl sites for hydroxylation is 1. The molecule has 0 heterocycles. The van der Waals surface area contributed by atoms with E-state index in [9.17, 15) is 13.2 Å². The first-order chi connectivity index (χ1) is 12.6. The Hall–Kier alpha value is -1.44. The maximum absolute atomic E-state index is 11.1. The molecule has 1 fully saturated rings. The molecule has 2 rings (SSSR count). The average Bonchev–Trinajstić information content (AvgIpc) is 3.09. The van der Waals surface area contributed by atoms with Gasteiger partial charge in [-0.3, -0.25) is 8.98 Å². The monoisotopic (exact) mass is 401 g/mol. The molecule has 0 spiro atoms. The minimum absolute atomic E-state index is 0.190. The van der Waals surface area contributed by atoms with Crippen molar-refractivity contribution in [1.29, 1.82) is 0 Å². The Kier molecular flexibility index (Phi) is 13.0. The summed E-state index contributed by atoms with van der Waals surface area (Å²) in [7, 11) is -2.37. The van der Waals surface area contributed by atoms with Gasteiger partial charge in [0.05, 0.1) is 12.0 Å². The van der Waals surface area contributed by atoms with E-state index in [0.29, 0.717) is 12.5 Å². The van der Waals surface area contributed by atoms with Crippen molar-refractivity contribution in [2.75, 3.05) is 7.11 Å². The molecule has 0 saturated heterocycles. The summed E-state index contributed by atoms with van der Waals surface area (Å²) in [5.41, 5.74) is 6.51. The molecule has 27 heavy (non-hydrogen) atoms. The van der Waals surface area contributed by atoms with Gasteiger partial charge < -0.3 is 10.5 Å². The van der Waals surface area contributed by atoms with Crippen LogP contribution in [0.5, 0.6) is 0 Å². The lowest BCUT2D eigenvalue weighted by Crippen LogP contribution is -2.16. The molecule has 1 saturated carbocycles. The minimum atomic E-state index is -3.51. The normalized spacial score (nSPS) is 15.2. The molecule has 1 aliphatic carbocycles. The molecule has 0 radical (unpaired) electrons. The number of ether oxygens (including phenoxy) is 1. The predicted octanol–water partition coefficient (Wildman–Crippen LogP) is 3.81. The van der Waals surface area contributed by atoms with E-state index in [0.717, 1.165) is 37.9 Å². The van der Waals surface area contributed by atoms with Crippen LogP contribution in [0.3, 0.4) is 0 Å². The maximum Gasteiger partial charge on any atom is 0.296 e. The summed E-state index contributed by atoms with van der Waals surface area (Å²) >= 11 is 0. The molecular weight excluding hydrogens is 366 g/mol. The van der Waals surface area contributed by atoms with Crippen LogP contribution in [0.25, 0.3) is 0 Å². The van der Waals surface area contributed by atoms with E-state index < -0.39 is 10.1 Å². The van der Waals surface area contributed by atoms with Crippen molar-refractivity contribution in [3.63, 3.8) is 0 Å². The van der Waals surface area contributed by atoms with E-state index in [4.69, 9.17) is 10.5 Å². The van der Waals surface area contributed by atoms with Crippen LogP contribution in [0.4, 0.5) is 0 Å². The summed E-state index contributed by atoms with van der Waals surface area (Å²) in [4.78, 5) is 9.93. The predicted molar refractivity (Wildman–Crippen MR) is 108 cm³/mol. The zero-order chi connectivity index (χ0) is 20.9. The van der Waals surface area contributed by atoms with Crippen LogP contribution >= 0.6 is 0 Å². The molecule has 1 unspecified atom stereocenters. The number of hydrogen-bond donors (Lipinski definition) is 1. The van der Waals surface area contributed by atoms with Gasteiger partial charge in [-0.05, 0) is 64.0 Å². The molecule has 0 amide bonds. The van der Waals surface area contributed by atoms with Gasteiger partial charge >= 0.3 is 0 Å². The number of carbonyl (C=O) groups excluding carboxylic acids is 1. The molecule has 156 valence electrons. The van der Waals surface area contributed by atoms with Crippen LogP contribution in [0.15, 0.2) is 29.2 Å². The topological polar surface area (TPSA) is 95.7 Å². The molecule has 0 aromatic heterocycles. The van der Waals surface area contributed by atoms with E-state index in [1.165, 1.54) is 25.0 Å². The first-order valence-corrected chi connectivity index (χ1v) is 10.7. The molecule has 1 atom stereocenters. The van der Waals surface area contributed by atoms with Crippen molar-refractivity contribution in [3.05, 3.63) is 29.8 Å². The summed E-state index contributed by atoms with van der Waals surface area (Å²) in [6.45, 7) is 8.85. The highest BCUT2D eigenvalue weighted by molar-refractivity contribution is 7.86. The van der Waals surface area contributed by atoms with Crippen molar-refractivity contribution in [1.82, 2.24) is 0 Å². The number of rotatable bonds is 6. The van der Waals surface area contributed by atoms with E-state index in [1.54, 1.807) is 12.1 Å². The Balaban J connectivity index is 0.000000395. The standard InChI is InChI=1S/C8H10O3S.C6H15N.C6H10O2/c1-7-3-5-8(6-4-7)12(9,10)11-2;1-5(2)4-6(3)7;7-5-8-6-3-1-2-4-6/h3-6H,1-2H3;5-6H,4,7H2,1-3H3;5-6H,1-4H2. The van der Waals surface area contributed by atoms with Crippen LogP contribution in [0.2, 0.25) is 0 Å². The largest absolute Gasteiger partial charge is 0.465 e. The van der Waals surface area contributed by atoms with E-state index in [-0.39, 0.29) is 11.0 Å². The molecule has 1 aromatic carbocycles. The van der Waals surface area contributed by atoms with Gasteiger partial charge in [-0.25, -0.2) is 0 Å². The van der Waals surface area contributed by atoms with Crippen molar-refractivity contribution in [2.24, 2.45) is 11.7 Å². The second-order valence-electron chi connectivity index (χ2n) is 7.18. The zero-order valence-corrected chi connectivity index (χ0v) is 18.0. The summed E-state index contributed by atoms with van der Waals surface area (Å²) in [6.07, 6.45) is 5.96. The summed E-state index contributed by atoms with van der Waals surface area (Å²) < 4.78 is 31.2. The quantitative estimate of drug-likeness (QED) is 0.575. The molecular formula is C20H35NO5S. The Bertz CT molecular complexity index is 600. The Labute approximate surface area is 164 Å². The van der Waals surface area contributed by atoms with E-state index in [2.05, 4.69) is 18.0 Å². The van der Waals surface area contributed by atoms with Gasteiger partial charge in [0.1, 0.15) is 6.10 Å². The first kappa shape index (κ1) is 25.6. The molecule has 7 heteroatoms. The smallest absolute Gasteiger partial charge is 0.296 e. The Morgan fingerprint density at radius 3 is 2.00 bits per heavy atom. The van der Waals surface area contributed by atoms with Gasteiger partial charge in [0.25, 0.3) is 16.6 Å². The summed E-state index contributed by atoms with van der Waals surface area (Å²) in [5, 5.41) is 0. The summed E-state index contributed by atoms with van der Waals surface area (Å²) in [5.74, 6) is 0.750. The molecule has 1 aliphatic rings. The number of hydrogen-bond acceptors (Lipinski definition) is 6. The van der Waals surface area contributed by atoms with Crippen molar-refractivity contribution >= 4 is 16.6 Å². The van der Waals surface area contributed by atoms with Crippen LogP contribution in [0.1, 0.15) is 58.4 Å². The fourth-order valence-electron chi connectivity index (χ4n) is 2.65. The number of benzene rings is 1. The van der Waals surface area contributed by atoms with E-state index >= 15 is 0 Å². The van der Waals surface area contributed by atoms with Crippen molar-refractivity contribution < 1.29 is 22.1 Å². The lowest BCUT2D eigenvalue weighted by atomic mass is 10.1. The lowest BCUT2D eigenvalue weighted by molar-refractivity contribution is -0.133. The van der Waals surface area contributed by atoms with Crippen LogP contribution in [-0.2, 0) is 23.8 Å². The lowest BCUT2D eigenvalue weighted by Gasteiger charge is -2.05. The Morgan fingerprint density at radius 2 is 1.67 bits per heavy atom. The third-order valence-corrected chi connectivity index (χ3v) is 5.21. The zero-order valence-electron chi connectivity index (χ0n) is 17.2. The second-order valence-corrected chi connectivity index (χ2v) is 8.89. The molecule has 1 aromatic rings. The van der Waals surface area contributed by atoms with Gasteiger partial charge in [0.15, 0.2) is 0 Å². The highest BCUT2D eigenvalue weighted by Crippen LogP contribution is 2.19. The minimum Gasteiger partial charge on any atom is -0.465 e. The SMILES string of the molecule is CC(C)CC(C)N.COS(=O)(=O)c1ccc(C)cc1.O=COC1CCCC1. The van der Waals surface area contributed by atoms with Gasteiger partial charge in [-0.2, -0.15) is 8.42 Å². The molecule has 2 N–H and O–H groups in total. The van der Waals surface area contributed by atoms with Gasteiger partial charge in [0.2, 0.25) is 0 Å². The maximum atomic E-state index is 11.1. The number of nitrogens with two attached hydrogens (primary N) is 1.